The van der Waals surface area contributed by atoms with Crippen LogP contribution >= 0.6 is 11.3 Å². The van der Waals surface area contributed by atoms with Gasteiger partial charge in [0.05, 0.1) is 15.8 Å². The molecule has 5 heteroatoms. The average Bonchev–Trinajstić information content (AvgIpc) is 3.01. The van der Waals surface area contributed by atoms with E-state index < -0.39 is 5.97 Å². The maximum absolute atomic E-state index is 11.2. The van der Waals surface area contributed by atoms with Gasteiger partial charge in [0.25, 0.3) is 0 Å². The fraction of sp³-hybridized carbons (Fsp3) is 0.421. The molecule has 3 aromatic rings. The zero-order valence-electron chi connectivity index (χ0n) is 13.9. The minimum absolute atomic E-state index is 0.294. The van der Waals surface area contributed by atoms with Gasteiger partial charge in [0.1, 0.15) is 5.52 Å². The molecule has 0 saturated heterocycles. The van der Waals surface area contributed by atoms with Gasteiger partial charge in [-0.05, 0) is 37.1 Å². The van der Waals surface area contributed by atoms with Crippen LogP contribution in [0.3, 0.4) is 0 Å². The molecule has 0 saturated carbocycles. The summed E-state index contributed by atoms with van der Waals surface area (Å²) in [4.78, 5) is 12.5. The van der Waals surface area contributed by atoms with Crippen molar-refractivity contribution in [1.82, 2.24) is 10.2 Å². The number of aryl methyl sites for hydroxylation is 1. The van der Waals surface area contributed by atoms with Gasteiger partial charge in [0.15, 0.2) is 0 Å². The number of unbranched alkanes of at least 4 members (excludes halogenated alkanes) is 5. The second kappa shape index (κ2) is 7.71. The van der Waals surface area contributed by atoms with Gasteiger partial charge in [0, 0.05) is 10.3 Å². The van der Waals surface area contributed by atoms with Gasteiger partial charge >= 0.3 is 5.97 Å². The lowest BCUT2D eigenvalue weighted by molar-refractivity contribution is 0.0697. The Bertz CT molecular complexity index is 857. The fourth-order valence-electron chi connectivity index (χ4n) is 2.95. The molecule has 0 radical (unpaired) electrons. The molecule has 0 spiro atoms. The van der Waals surface area contributed by atoms with Gasteiger partial charge in [0.2, 0.25) is 0 Å². The van der Waals surface area contributed by atoms with Crippen LogP contribution in [0.2, 0.25) is 0 Å². The molecule has 0 unspecified atom stereocenters. The summed E-state index contributed by atoms with van der Waals surface area (Å²) >= 11 is 1.72. The highest BCUT2D eigenvalue weighted by Gasteiger charge is 2.11. The summed E-state index contributed by atoms with van der Waals surface area (Å²) in [5.74, 6) is -0.911. The summed E-state index contributed by atoms with van der Waals surface area (Å²) in [6, 6.07) is 7.12. The van der Waals surface area contributed by atoms with Crippen molar-refractivity contribution in [2.24, 2.45) is 0 Å². The molecule has 1 aromatic carbocycles. The van der Waals surface area contributed by atoms with Crippen LogP contribution in [0.1, 0.15) is 60.7 Å². The van der Waals surface area contributed by atoms with Crippen molar-refractivity contribution >= 4 is 38.4 Å². The van der Waals surface area contributed by atoms with Crippen LogP contribution < -0.4 is 0 Å². The Hall–Kier alpha value is -2.01. The van der Waals surface area contributed by atoms with Gasteiger partial charge in [-0.15, -0.1) is 21.5 Å². The lowest BCUT2D eigenvalue weighted by Crippen LogP contribution is -1.96. The lowest BCUT2D eigenvalue weighted by Gasteiger charge is -2.00. The van der Waals surface area contributed by atoms with E-state index in [9.17, 15) is 9.90 Å². The van der Waals surface area contributed by atoms with Crippen molar-refractivity contribution in [3.8, 4) is 0 Å². The molecule has 0 aliphatic heterocycles. The second-order valence-corrected chi connectivity index (χ2v) is 7.32. The number of carbonyl (C=O) groups is 1. The molecule has 0 aliphatic rings. The van der Waals surface area contributed by atoms with Crippen molar-refractivity contribution in [1.29, 1.82) is 0 Å². The quantitative estimate of drug-likeness (QED) is 0.553. The number of fused-ring (bicyclic) bond motifs is 3. The van der Waals surface area contributed by atoms with E-state index in [2.05, 4.69) is 23.2 Å². The Balaban J connectivity index is 1.78. The van der Waals surface area contributed by atoms with E-state index in [1.54, 1.807) is 29.5 Å². The third kappa shape index (κ3) is 3.73. The number of hydrogen-bond donors (Lipinski definition) is 1. The van der Waals surface area contributed by atoms with E-state index >= 15 is 0 Å². The maximum Gasteiger partial charge on any atom is 0.335 e. The molecule has 0 fully saturated rings. The Labute approximate surface area is 145 Å². The predicted octanol–water partition coefficient (Wildman–Crippen LogP) is 5.45. The number of thiophene rings is 1. The molecular formula is C19H22N2O2S. The minimum Gasteiger partial charge on any atom is -0.478 e. The van der Waals surface area contributed by atoms with Crippen molar-refractivity contribution in [3.63, 3.8) is 0 Å². The van der Waals surface area contributed by atoms with Crippen molar-refractivity contribution in [2.45, 2.75) is 51.9 Å². The standard InChI is InChI=1S/C19H22N2O2S/c1-2-3-4-5-6-7-8-14-12-17-18(24-14)15-11-13(19(22)23)9-10-16(15)20-21-17/h9-12H,2-8H2,1H3,(H,22,23). The molecule has 0 amide bonds. The van der Waals surface area contributed by atoms with Gasteiger partial charge in [-0.1, -0.05) is 39.0 Å². The zero-order chi connectivity index (χ0) is 16.9. The van der Waals surface area contributed by atoms with E-state index in [-0.39, 0.29) is 0 Å². The molecule has 24 heavy (non-hydrogen) atoms. The summed E-state index contributed by atoms with van der Waals surface area (Å²) in [6.07, 6.45) is 8.77. The van der Waals surface area contributed by atoms with Crippen molar-refractivity contribution in [2.75, 3.05) is 0 Å². The van der Waals surface area contributed by atoms with Gasteiger partial charge in [-0.25, -0.2) is 4.79 Å². The van der Waals surface area contributed by atoms with Gasteiger partial charge in [-0.3, -0.25) is 0 Å². The van der Waals surface area contributed by atoms with Crippen molar-refractivity contribution < 1.29 is 9.90 Å². The normalized spacial score (nSPS) is 11.4. The van der Waals surface area contributed by atoms with Crippen LogP contribution in [0.5, 0.6) is 0 Å². The minimum atomic E-state index is -0.911. The summed E-state index contributed by atoms with van der Waals surface area (Å²) < 4.78 is 1.05. The maximum atomic E-state index is 11.2. The number of aromatic carboxylic acids is 1. The number of carboxylic acid groups (broad SMARTS) is 1. The smallest absolute Gasteiger partial charge is 0.335 e. The lowest BCUT2D eigenvalue weighted by atomic mass is 10.1. The van der Waals surface area contributed by atoms with Crippen LogP contribution in [0.25, 0.3) is 21.1 Å². The first-order valence-corrected chi connectivity index (χ1v) is 9.43. The Morgan fingerprint density at radius 2 is 1.79 bits per heavy atom. The summed E-state index contributed by atoms with van der Waals surface area (Å²) in [5, 5.41) is 18.6. The molecule has 0 bridgehead atoms. The number of benzene rings is 1. The molecule has 4 nitrogen and oxygen atoms in total. The van der Waals surface area contributed by atoms with Gasteiger partial charge < -0.3 is 5.11 Å². The number of nitrogens with zero attached hydrogens (tertiary/aromatic N) is 2. The van der Waals surface area contributed by atoms with E-state index in [1.807, 2.05) is 0 Å². The molecule has 1 N–H and O–H groups in total. The Morgan fingerprint density at radius 3 is 2.58 bits per heavy atom. The van der Waals surface area contributed by atoms with Crippen LogP contribution in [0, 0.1) is 0 Å². The first-order valence-electron chi connectivity index (χ1n) is 8.61. The highest BCUT2D eigenvalue weighted by molar-refractivity contribution is 7.20. The number of aromatic nitrogens is 2. The second-order valence-electron chi connectivity index (χ2n) is 6.18. The fourth-order valence-corrected chi connectivity index (χ4v) is 4.10. The van der Waals surface area contributed by atoms with E-state index in [0.29, 0.717) is 5.56 Å². The summed E-state index contributed by atoms with van der Waals surface area (Å²) in [7, 11) is 0. The predicted molar refractivity (Wildman–Crippen MR) is 99.0 cm³/mol. The number of rotatable bonds is 8. The molecule has 0 atom stereocenters. The average molecular weight is 342 g/mol. The number of hydrogen-bond acceptors (Lipinski definition) is 4. The van der Waals surface area contributed by atoms with Crippen molar-refractivity contribution in [3.05, 3.63) is 34.7 Å². The monoisotopic (exact) mass is 342 g/mol. The highest BCUT2D eigenvalue weighted by Crippen LogP contribution is 2.31. The Kier molecular flexibility index (Phi) is 5.41. The largest absolute Gasteiger partial charge is 0.478 e. The Morgan fingerprint density at radius 1 is 1.04 bits per heavy atom. The molecular weight excluding hydrogens is 320 g/mol. The van der Waals surface area contributed by atoms with Crippen LogP contribution in [-0.2, 0) is 6.42 Å². The number of carboxylic acids is 1. The molecule has 126 valence electrons. The molecule has 0 aliphatic carbocycles. The third-order valence-electron chi connectivity index (χ3n) is 4.29. The molecule has 3 rings (SSSR count). The van der Waals surface area contributed by atoms with Crippen LogP contribution in [0.15, 0.2) is 24.3 Å². The topological polar surface area (TPSA) is 63.1 Å². The van der Waals surface area contributed by atoms with E-state index in [4.69, 9.17) is 0 Å². The zero-order valence-corrected chi connectivity index (χ0v) is 14.7. The van der Waals surface area contributed by atoms with Crippen LogP contribution in [-0.4, -0.2) is 21.3 Å². The van der Waals surface area contributed by atoms with Gasteiger partial charge in [-0.2, -0.15) is 0 Å². The molecule has 2 heterocycles. The SMILES string of the molecule is CCCCCCCCc1cc2nnc3ccc(C(=O)O)cc3c2s1. The first kappa shape index (κ1) is 16.8. The van der Waals surface area contributed by atoms with Crippen LogP contribution in [0.4, 0.5) is 0 Å². The summed E-state index contributed by atoms with van der Waals surface area (Å²) in [6.45, 7) is 2.23. The summed E-state index contributed by atoms with van der Waals surface area (Å²) in [5.41, 5.74) is 1.92. The molecule has 2 aromatic heterocycles. The van der Waals surface area contributed by atoms with E-state index in [0.717, 1.165) is 27.5 Å². The third-order valence-corrected chi connectivity index (χ3v) is 5.51. The van der Waals surface area contributed by atoms with E-state index in [1.165, 1.54) is 43.4 Å². The highest BCUT2D eigenvalue weighted by atomic mass is 32.1. The first-order chi connectivity index (χ1) is 11.7.